The van der Waals surface area contributed by atoms with Crippen LogP contribution < -0.4 is 0 Å². The molecule has 12 aromatic rings. The Kier molecular flexibility index (Phi) is 8.42. The summed E-state index contributed by atoms with van der Waals surface area (Å²) in [4.78, 5) is 15.9. The summed E-state index contributed by atoms with van der Waals surface area (Å²) in [6.45, 7) is 0. The van der Waals surface area contributed by atoms with Gasteiger partial charge in [0.15, 0.2) is 11.6 Å². The minimum atomic E-state index is 0.563. The lowest BCUT2D eigenvalue weighted by molar-refractivity contribution is 0.953. The fraction of sp³-hybridized carbons (Fsp3) is 0. The third-order valence-corrected chi connectivity index (χ3v) is 12.0. The van der Waals surface area contributed by atoms with Crippen LogP contribution in [0.4, 0.5) is 0 Å². The Morgan fingerprint density at radius 2 is 0.677 bits per heavy atom. The Morgan fingerprint density at radius 1 is 0.242 bits per heavy atom. The lowest BCUT2D eigenvalue weighted by atomic mass is 10.0. The van der Waals surface area contributed by atoms with Crippen LogP contribution in [0.3, 0.4) is 0 Å². The van der Waals surface area contributed by atoms with E-state index >= 15 is 0 Å². The summed E-state index contributed by atoms with van der Waals surface area (Å²) in [5, 5.41) is 4.73. The van der Waals surface area contributed by atoms with E-state index in [1.165, 1.54) is 21.9 Å². The summed E-state index contributed by atoms with van der Waals surface area (Å²) < 4.78 is 4.55. The molecule has 3 aromatic heterocycles. The molecule has 0 aliphatic heterocycles. The van der Waals surface area contributed by atoms with Gasteiger partial charge in [-0.15, -0.1) is 0 Å². The summed E-state index contributed by atoms with van der Waals surface area (Å²) in [7, 11) is 0. The molecule has 62 heavy (non-hydrogen) atoms. The summed E-state index contributed by atoms with van der Waals surface area (Å²) in [5.74, 6) is 1.77. The molecule has 12 rings (SSSR count). The first kappa shape index (κ1) is 35.5. The second-order valence-corrected chi connectivity index (χ2v) is 15.7. The summed E-state index contributed by atoms with van der Waals surface area (Å²) in [6, 6.07) is 79.3. The molecule has 0 fully saturated rings. The Morgan fingerprint density at radius 3 is 1.32 bits per heavy atom. The van der Waals surface area contributed by atoms with E-state index in [9.17, 15) is 0 Å². The van der Waals surface area contributed by atoms with Gasteiger partial charge in [0.05, 0.1) is 22.1 Å². The molecule has 0 aliphatic rings. The van der Waals surface area contributed by atoms with E-state index in [0.29, 0.717) is 17.6 Å². The molecule has 0 saturated heterocycles. The van der Waals surface area contributed by atoms with Crippen LogP contribution in [-0.2, 0) is 0 Å². The van der Waals surface area contributed by atoms with E-state index in [0.717, 1.165) is 72.0 Å². The fourth-order valence-corrected chi connectivity index (χ4v) is 9.03. The molecule has 5 heteroatoms. The van der Waals surface area contributed by atoms with Crippen LogP contribution in [0.1, 0.15) is 0 Å². The summed E-state index contributed by atoms with van der Waals surface area (Å²) in [6.07, 6.45) is 0. The van der Waals surface area contributed by atoms with E-state index in [-0.39, 0.29) is 0 Å². The number of hydrogen-bond acceptors (Lipinski definition) is 3. The lowest BCUT2D eigenvalue weighted by Gasteiger charge is -2.13. The molecule has 0 bridgehead atoms. The number of hydrogen-bond donors (Lipinski definition) is 0. The Bertz CT molecular complexity index is 3620. The largest absolute Gasteiger partial charge is 0.309 e. The predicted octanol–water partition coefficient (Wildman–Crippen LogP) is 14.4. The zero-order valence-electron chi connectivity index (χ0n) is 33.6. The van der Waals surface area contributed by atoms with E-state index in [4.69, 9.17) is 15.0 Å². The topological polar surface area (TPSA) is 48.5 Å². The number of benzene rings is 9. The molecular formula is C57H37N5. The lowest BCUT2D eigenvalue weighted by Crippen LogP contribution is -2.06. The van der Waals surface area contributed by atoms with Crippen molar-refractivity contribution in [1.29, 1.82) is 0 Å². The highest BCUT2D eigenvalue weighted by Gasteiger charge is 2.20. The number of nitrogens with zero attached hydrogens (tertiary/aromatic N) is 5. The average Bonchev–Trinajstić information content (AvgIpc) is 3.87. The Labute approximate surface area is 358 Å². The number of aromatic nitrogens is 5. The molecule has 3 heterocycles. The maximum absolute atomic E-state index is 5.34. The molecule has 0 N–H and O–H groups in total. The van der Waals surface area contributed by atoms with Crippen LogP contribution in [0.2, 0.25) is 0 Å². The van der Waals surface area contributed by atoms with E-state index in [2.05, 4.69) is 228 Å². The van der Waals surface area contributed by atoms with Crippen molar-refractivity contribution in [2.24, 2.45) is 0 Å². The zero-order valence-corrected chi connectivity index (χ0v) is 33.6. The van der Waals surface area contributed by atoms with Crippen LogP contribution in [-0.4, -0.2) is 24.1 Å². The maximum atomic E-state index is 5.34. The molecule has 0 spiro atoms. The molecular weight excluding hydrogens is 755 g/mol. The predicted molar refractivity (Wildman–Crippen MR) is 256 cm³/mol. The third-order valence-electron chi connectivity index (χ3n) is 12.0. The molecule has 0 amide bonds. The van der Waals surface area contributed by atoms with Gasteiger partial charge in [-0.1, -0.05) is 170 Å². The standard InChI is InChI=1S/C57H37N5/c1-4-16-38(17-5-1)40-20-14-22-44(34-40)55-58-56(60-57(59-55)62-52-29-13-11-27-48(52)50-36-42(31-33-53(50)62)39-18-6-2-7-19-39)45-23-15-21-41(35-45)43-30-32-49-47-26-10-12-28-51(47)61(54(49)37-43)46-24-8-3-9-25-46/h1-37H. The normalized spacial score (nSPS) is 11.5. The highest BCUT2D eigenvalue weighted by molar-refractivity contribution is 6.11. The zero-order chi connectivity index (χ0) is 41.0. The van der Waals surface area contributed by atoms with E-state index < -0.39 is 0 Å². The Balaban J connectivity index is 1.05. The molecule has 9 aromatic carbocycles. The molecule has 0 radical (unpaired) electrons. The van der Waals surface area contributed by atoms with Gasteiger partial charge in [-0.2, -0.15) is 9.97 Å². The van der Waals surface area contributed by atoms with Crippen molar-refractivity contribution in [2.45, 2.75) is 0 Å². The molecule has 0 aliphatic carbocycles. The third kappa shape index (κ3) is 6.06. The van der Waals surface area contributed by atoms with Gasteiger partial charge in [-0.05, 0) is 88.0 Å². The van der Waals surface area contributed by atoms with Crippen molar-refractivity contribution < 1.29 is 0 Å². The highest BCUT2D eigenvalue weighted by Crippen LogP contribution is 2.38. The Hall–Kier alpha value is -8.41. The van der Waals surface area contributed by atoms with Crippen LogP contribution >= 0.6 is 0 Å². The van der Waals surface area contributed by atoms with Crippen LogP contribution in [0, 0.1) is 0 Å². The van der Waals surface area contributed by atoms with Gasteiger partial charge in [0, 0.05) is 38.4 Å². The maximum Gasteiger partial charge on any atom is 0.238 e. The molecule has 5 nitrogen and oxygen atoms in total. The van der Waals surface area contributed by atoms with E-state index in [1.54, 1.807) is 0 Å². The van der Waals surface area contributed by atoms with Crippen molar-refractivity contribution in [1.82, 2.24) is 24.1 Å². The SMILES string of the molecule is c1ccc(-c2cccc(-c3nc(-c4cccc(-c5ccc6c7ccccc7n(-c7ccccc7)c6c5)c4)nc(-n4c5ccccc5c5cc(-c6ccccc6)ccc54)n3)c2)cc1. The summed E-state index contributed by atoms with van der Waals surface area (Å²) >= 11 is 0. The number of para-hydroxylation sites is 3. The van der Waals surface area contributed by atoms with E-state index in [1.807, 2.05) is 6.07 Å². The first-order valence-electron chi connectivity index (χ1n) is 20.9. The van der Waals surface area contributed by atoms with Gasteiger partial charge in [-0.3, -0.25) is 4.57 Å². The van der Waals surface area contributed by atoms with Gasteiger partial charge < -0.3 is 4.57 Å². The summed E-state index contributed by atoms with van der Waals surface area (Å²) in [5.41, 5.74) is 14.1. The van der Waals surface area contributed by atoms with Gasteiger partial charge in [0.1, 0.15) is 0 Å². The number of fused-ring (bicyclic) bond motifs is 6. The van der Waals surface area contributed by atoms with Gasteiger partial charge >= 0.3 is 0 Å². The fourth-order valence-electron chi connectivity index (χ4n) is 9.03. The number of rotatable bonds is 7. The van der Waals surface area contributed by atoms with Crippen molar-refractivity contribution in [2.75, 3.05) is 0 Å². The second kappa shape index (κ2) is 14.7. The van der Waals surface area contributed by atoms with Gasteiger partial charge in [0.25, 0.3) is 0 Å². The molecule has 290 valence electrons. The van der Waals surface area contributed by atoms with Crippen LogP contribution in [0.15, 0.2) is 224 Å². The molecule has 0 saturated carbocycles. The van der Waals surface area contributed by atoms with Crippen molar-refractivity contribution >= 4 is 43.6 Å². The van der Waals surface area contributed by atoms with Gasteiger partial charge in [0.2, 0.25) is 5.95 Å². The smallest absolute Gasteiger partial charge is 0.238 e. The van der Waals surface area contributed by atoms with Crippen molar-refractivity contribution in [3.63, 3.8) is 0 Å². The minimum Gasteiger partial charge on any atom is -0.309 e. The first-order chi connectivity index (χ1) is 30.7. The molecule has 0 atom stereocenters. The second-order valence-electron chi connectivity index (χ2n) is 15.7. The minimum absolute atomic E-state index is 0.563. The quantitative estimate of drug-likeness (QED) is 0.162. The van der Waals surface area contributed by atoms with Crippen molar-refractivity contribution in [3.8, 4) is 67.8 Å². The van der Waals surface area contributed by atoms with Crippen LogP contribution in [0.5, 0.6) is 0 Å². The average molecular weight is 792 g/mol. The first-order valence-corrected chi connectivity index (χ1v) is 20.9. The molecule has 0 unspecified atom stereocenters. The monoisotopic (exact) mass is 791 g/mol. The van der Waals surface area contributed by atoms with Crippen molar-refractivity contribution in [3.05, 3.63) is 224 Å². The highest BCUT2D eigenvalue weighted by atomic mass is 15.2. The van der Waals surface area contributed by atoms with Crippen LogP contribution in [0.25, 0.3) is 111 Å². The van der Waals surface area contributed by atoms with Gasteiger partial charge in [-0.25, -0.2) is 4.98 Å².